The van der Waals surface area contributed by atoms with Gasteiger partial charge in [-0.15, -0.1) is 0 Å². The summed E-state index contributed by atoms with van der Waals surface area (Å²) in [6.07, 6.45) is 4.13. The summed E-state index contributed by atoms with van der Waals surface area (Å²) in [6.45, 7) is 3.73. The van der Waals surface area contributed by atoms with Crippen LogP contribution in [0.5, 0.6) is 5.75 Å². The Balaban J connectivity index is 1.99. The Bertz CT molecular complexity index is 886. The van der Waals surface area contributed by atoms with E-state index in [1.165, 1.54) is 7.11 Å². The number of methoxy groups -OCH3 is 1. The van der Waals surface area contributed by atoms with Gasteiger partial charge >= 0.3 is 0 Å². The van der Waals surface area contributed by atoms with Crippen LogP contribution in [0, 0.1) is 13.8 Å². The number of nitrogens with one attached hydrogen (secondary N) is 1. The summed E-state index contributed by atoms with van der Waals surface area (Å²) in [4.78, 5) is 0.0865. The third kappa shape index (κ3) is 3.77. The molecule has 3 rings (SSSR count). The van der Waals surface area contributed by atoms with Gasteiger partial charge in [-0.3, -0.25) is 0 Å². The van der Waals surface area contributed by atoms with Crippen molar-refractivity contribution in [3.63, 3.8) is 0 Å². The SMILES string of the molecule is COc1cc(C)c(C)cc1S(=O)(=O)[C@H]1CS(=O)(=O)C[C@@H]1NC1CCCC1. The second-order valence-corrected chi connectivity index (χ2v) is 11.8. The highest BCUT2D eigenvalue weighted by atomic mass is 32.2. The Morgan fingerprint density at radius 2 is 1.69 bits per heavy atom. The molecule has 1 heterocycles. The molecule has 6 nitrogen and oxygen atoms in total. The first-order valence-corrected chi connectivity index (χ1v) is 12.4. The van der Waals surface area contributed by atoms with Gasteiger partial charge in [0.05, 0.1) is 23.9 Å². The van der Waals surface area contributed by atoms with E-state index >= 15 is 0 Å². The molecular formula is C18H27NO5S2. The second-order valence-electron chi connectivity index (χ2n) is 7.50. The fourth-order valence-electron chi connectivity index (χ4n) is 3.98. The monoisotopic (exact) mass is 401 g/mol. The van der Waals surface area contributed by atoms with E-state index in [-0.39, 0.29) is 28.2 Å². The van der Waals surface area contributed by atoms with Gasteiger partial charge in [0.15, 0.2) is 19.7 Å². The molecular weight excluding hydrogens is 374 g/mol. The van der Waals surface area contributed by atoms with Gasteiger partial charge in [0.25, 0.3) is 0 Å². The third-order valence-corrected chi connectivity index (χ3v) is 9.76. The molecule has 0 aromatic heterocycles. The normalized spacial score (nSPS) is 26.3. The largest absolute Gasteiger partial charge is 0.495 e. The average molecular weight is 402 g/mol. The van der Waals surface area contributed by atoms with Gasteiger partial charge in [0.2, 0.25) is 0 Å². The minimum absolute atomic E-state index is 0.0865. The molecule has 2 aliphatic rings. The highest BCUT2D eigenvalue weighted by Crippen LogP contribution is 2.34. The van der Waals surface area contributed by atoms with Crippen LogP contribution in [0.15, 0.2) is 17.0 Å². The van der Waals surface area contributed by atoms with Crippen LogP contribution in [0.1, 0.15) is 36.8 Å². The van der Waals surface area contributed by atoms with Gasteiger partial charge in [-0.1, -0.05) is 12.8 Å². The summed E-state index contributed by atoms with van der Waals surface area (Å²) in [5.41, 5.74) is 1.77. The van der Waals surface area contributed by atoms with Crippen LogP contribution in [0.3, 0.4) is 0 Å². The summed E-state index contributed by atoms with van der Waals surface area (Å²) in [6, 6.07) is 2.93. The maximum atomic E-state index is 13.4. The van der Waals surface area contributed by atoms with Crippen molar-refractivity contribution in [2.24, 2.45) is 0 Å². The van der Waals surface area contributed by atoms with Crippen molar-refractivity contribution < 1.29 is 21.6 Å². The Morgan fingerprint density at radius 3 is 2.31 bits per heavy atom. The fraction of sp³-hybridized carbons (Fsp3) is 0.667. The van der Waals surface area contributed by atoms with Crippen molar-refractivity contribution in [2.45, 2.75) is 61.8 Å². The molecule has 1 aromatic rings. The number of rotatable bonds is 5. The number of benzene rings is 1. The molecule has 0 amide bonds. The van der Waals surface area contributed by atoms with Crippen LogP contribution in [0.25, 0.3) is 0 Å². The van der Waals surface area contributed by atoms with Crippen LogP contribution in [-0.4, -0.2) is 52.8 Å². The van der Waals surface area contributed by atoms with Crippen LogP contribution in [-0.2, 0) is 19.7 Å². The molecule has 146 valence electrons. The smallest absolute Gasteiger partial charge is 0.187 e. The van der Waals surface area contributed by atoms with E-state index < -0.39 is 31.0 Å². The maximum absolute atomic E-state index is 13.4. The minimum Gasteiger partial charge on any atom is -0.495 e. The van der Waals surface area contributed by atoms with Crippen molar-refractivity contribution >= 4 is 19.7 Å². The van der Waals surface area contributed by atoms with E-state index in [4.69, 9.17) is 4.74 Å². The fourth-order valence-corrected chi connectivity index (χ4v) is 8.88. The van der Waals surface area contributed by atoms with Gasteiger partial charge in [-0.2, -0.15) is 0 Å². The average Bonchev–Trinajstić information content (AvgIpc) is 3.17. The van der Waals surface area contributed by atoms with Gasteiger partial charge in [0.1, 0.15) is 10.6 Å². The Kier molecular flexibility index (Phi) is 5.38. The standard InChI is InChI=1S/C18H27NO5S2/c1-12-8-16(24-3)17(9-13(12)2)26(22,23)18-11-25(20,21)10-15(18)19-14-6-4-5-7-14/h8-9,14-15,18-19H,4-7,10-11H2,1-3H3/t15-,18-/m0/s1. The highest BCUT2D eigenvalue weighted by molar-refractivity contribution is 7.96. The van der Waals surface area contributed by atoms with E-state index in [1.54, 1.807) is 12.1 Å². The molecule has 1 N–H and O–H groups in total. The van der Waals surface area contributed by atoms with E-state index in [1.807, 2.05) is 13.8 Å². The Hall–Kier alpha value is -1.12. The lowest BCUT2D eigenvalue weighted by atomic mass is 10.1. The lowest BCUT2D eigenvalue weighted by Crippen LogP contribution is -2.47. The van der Waals surface area contributed by atoms with E-state index in [0.29, 0.717) is 0 Å². The zero-order chi connectivity index (χ0) is 19.1. The molecule has 0 unspecified atom stereocenters. The van der Waals surface area contributed by atoms with E-state index in [9.17, 15) is 16.8 Å². The predicted molar refractivity (Wildman–Crippen MR) is 101 cm³/mol. The molecule has 26 heavy (non-hydrogen) atoms. The quantitative estimate of drug-likeness (QED) is 0.809. The first kappa shape index (κ1) is 19.6. The topological polar surface area (TPSA) is 89.5 Å². The molecule has 0 bridgehead atoms. The molecule has 1 saturated carbocycles. The van der Waals surface area contributed by atoms with Crippen LogP contribution >= 0.6 is 0 Å². The van der Waals surface area contributed by atoms with Crippen molar-refractivity contribution in [1.82, 2.24) is 5.32 Å². The predicted octanol–water partition coefficient (Wildman–Crippen LogP) is 1.78. The Morgan fingerprint density at radius 1 is 1.08 bits per heavy atom. The summed E-state index contributed by atoms with van der Waals surface area (Å²) >= 11 is 0. The van der Waals surface area contributed by atoms with Crippen molar-refractivity contribution in [3.8, 4) is 5.75 Å². The first-order chi connectivity index (χ1) is 12.1. The zero-order valence-electron chi connectivity index (χ0n) is 15.5. The molecule has 0 radical (unpaired) electrons. The molecule has 1 aliphatic carbocycles. The highest BCUT2D eigenvalue weighted by Gasteiger charge is 2.47. The van der Waals surface area contributed by atoms with Crippen LogP contribution < -0.4 is 10.1 Å². The molecule has 2 fully saturated rings. The van der Waals surface area contributed by atoms with Crippen LogP contribution in [0.4, 0.5) is 0 Å². The molecule has 2 atom stereocenters. The summed E-state index contributed by atoms with van der Waals surface area (Å²) in [5, 5.41) is 2.34. The van der Waals surface area contributed by atoms with Gasteiger partial charge < -0.3 is 10.1 Å². The zero-order valence-corrected chi connectivity index (χ0v) is 17.1. The lowest BCUT2D eigenvalue weighted by molar-refractivity contribution is 0.400. The maximum Gasteiger partial charge on any atom is 0.187 e. The van der Waals surface area contributed by atoms with Crippen LogP contribution in [0.2, 0.25) is 0 Å². The number of hydrogen-bond donors (Lipinski definition) is 1. The van der Waals surface area contributed by atoms with Crippen molar-refractivity contribution in [3.05, 3.63) is 23.3 Å². The number of sulfone groups is 2. The number of aryl methyl sites for hydroxylation is 2. The van der Waals surface area contributed by atoms with Gasteiger partial charge in [0, 0.05) is 12.1 Å². The summed E-state index contributed by atoms with van der Waals surface area (Å²) < 4.78 is 56.5. The van der Waals surface area contributed by atoms with E-state index in [0.717, 1.165) is 36.8 Å². The lowest BCUT2D eigenvalue weighted by Gasteiger charge is -2.24. The Labute approximate surface area is 156 Å². The molecule has 8 heteroatoms. The van der Waals surface area contributed by atoms with Gasteiger partial charge in [-0.25, -0.2) is 16.8 Å². The first-order valence-electron chi connectivity index (χ1n) is 8.99. The molecule has 1 aliphatic heterocycles. The minimum atomic E-state index is -3.85. The third-order valence-electron chi connectivity index (χ3n) is 5.59. The second kappa shape index (κ2) is 7.13. The molecule has 0 spiro atoms. The molecule has 1 aromatic carbocycles. The van der Waals surface area contributed by atoms with Crippen molar-refractivity contribution in [2.75, 3.05) is 18.6 Å². The number of ether oxygens (including phenoxy) is 1. The van der Waals surface area contributed by atoms with Gasteiger partial charge in [-0.05, 0) is 49.9 Å². The van der Waals surface area contributed by atoms with E-state index in [2.05, 4.69) is 5.32 Å². The number of hydrogen-bond acceptors (Lipinski definition) is 6. The summed E-state index contributed by atoms with van der Waals surface area (Å²) in [5.74, 6) is -0.187. The molecule has 1 saturated heterocycles. The van der Waals surface area contributed by atoms with Crippen molar-refractivity contribution in [1.29, 1.82) is 0 Å². The summed E-state index contributed by atoms with van der Waals surface area (Å²) in [7, 11) is -5.81.